The van der Waals surface area contributed by atoms with Gasteiger partial charge in [-0.05, 0) is 42.5 Å². The van der Waals surface area contributed by atoms with Gasteiger partial charge in [0.05, 0.1) is 0 Å². The summed E-state index contributed by atoms with van der Waals surface area (Å²) in [6.07, 6.45) is 2.35. The molecule has 1 aliphatic rings. The first-order valence-electron chi connectivity index (χ1n) is 11.8. The maximum absolute atomic E-state index is 4.54. The van der Waals surface area contributed by atoms with Crippen molar-refractivity contribution in [3.8, 4) is 11.1 Å². The van der Waals surface area contributed by atoms with Crippen LogP contribution in [-0.4, -0.2) is 27.4 Å². The van der Waals surface area contributed by atoms with Gasteiger partial charge in [-0.3, -0.25) is 0 Å². The van der Waals surface area contributed by atoms with Crippen molar-refractivity contribution in [1.82, 2.24) is 0 Å². The smallest absolute Gasteiger partial charge is 0.0433 e. The zero-order valence-corrected chi connectivity index (χ0v) is 22.3. The monoisotopic (exact) mass is 420 g/mol. The van der Waals surface area contributed by atoms with Crippen molar-refractivity contribution >= 4 is 0 Å². The summed E-state index contributed by atoms with van der Waals surface area (Å²) >= 11 is 0. The minimum atomic E-state index is 0.819. The molecule has 176 valence electrons. The van der Waals surface area contributed by atoms with E-state index in [9.17, 15) is 0 Å². The molecule has 0 saturated carbocycles. The average molecular weight is 421 g/mol. The number of hydrogen-bond donors (Lipinski definition) is 0. The third kappa shape index (κ3) is 18.4. The Hall–Kier alpha value is -1.64. The number of benzene rings is 2. The molecule has 0 spiro atoms. The van der Waals surface area contributed by atoms with Crippen molar-refractivity contribution < 1.29 is 9.47 Å². The standard InChI is InChI=1S/C13H10.2C3H8O.C3H8.3C2H6/c1-3-7-12-10(5-1)9-11-6-2-4-8-13(11)12;2*1-3-4-2;1-3-2;3*1-2/h1-8H,9H2;2*3H2,1-2H3;3H2,1-2H3;3*1-2H3. The number of hydrogen-bond acceptors (Lipinski definition) is 2. The van der Waals surface area contributed by atoms with E-state index in [4.69, 9.17) is 0 Å². The first-order chi connectivity index (χ1) is 14.7. The molecule has 3 rings (SSSR count). The second-order valence-electron chi connectivity index (χ2n) is 5.35. The molecule has 0 amide bonds. The van der Waals surface area contributed by atoms with E-state index in [0.29, 0.717) is 0 Å². The van der Waals surface area contributed by atoms with Crippen molar-refractivity contribution in [2.24, 2.45) is 0 Å². The van der Waals surface area contributed by atoms with Crippen LogP contribution in [0.25, 0.3) is 11.1 Å². The highest BCUT2D eigenvalue weighted by Gasteiger charge is 2.15. The molecule has 2 nitrogen and oxygen atoms in total. The Bertz CT molecular complexity index is 484. The Labute approximate surface area is 190 Å². The summed E-state index contributed by atoms with van der Waals surface area (Å²) in [6, 6.07) is 17.3. The van der Waals surface area contributed by atoms with Crippen LogP contribution in [0.5, 0.6) is 0 Å². The van der Waals surface area contributed by atoms with Crippen LogP contribution in [0.4, 0.5) is 0 Å². The largest absolute Gasteiger partial charge is 0.385 e. The number of ether oxygens (including phenoxy) is 2. The maximum Gasteiger partial charge on any atom is 0.0433 e. The van der Waals surface area contributed by atoms with Gasteiger partial charge >= 0.3 is 0 Å². The number of rotatable bonds is 2. The van der Waals surface area contributed by atoms with Crippen molar-refractivity contribution in [1.29, 1.82) is 0 Å². The van der Waals surface area contributed by atoms with E-state index in [-0.39, 0.29) is 0 Å². The van der Waals surface area contributed by atoms with Gasteiger partial charge in [-0.1, -0.05) is 110 Å². The molecule has 2 heteroatoms. The van der Waals surface area contributed by atoms with Crippen LogP contribution in [0.3, 0.4) is 0 Å². The van der Waals surface area contributed by atoms with E-state index < -0.39 is 0 Å². The van der Waals surface area contributed by atoms with Gasteiger partial charge in [0.2, 0.25) is 0 Å². The lowest BCUT2D eigenvalue weighted by Crippen LogP contribution is -1.77. The quantitative estimate of drug-likeness (QED) is 0.411. The van der Waals surface area contributed by atoms with Gasteiger partial charge in [-0.25, -0.2) is 0 Å². The van der Waals surface area contributed by atoms with Gasteiger partial charge in [0, 0.05) is 27.4 Å². The Morgan fingerprint density at radius 3 is 1.03 bits per heavy atom. The summed E-state index contributed by atoms with van der Waals surface area (Å²) in [5.41, 5.74) is 5.75. The second-order valence-corrected chi connectivity index (χ2v) is 5.35. The Kier molecular flexibility index (Phi) is 38.2. The molecule has 2 aromatic carbocycles. The molecule has 0 radical (unpaired) electrons. The molecular weight excluding hydrogens is 368 g/mol. The van der Waals surface area contributed by atoms with Gasteiger partial charge in [0.25, 0.3) is 0 Å². The average Bonchev–Trinajstić information content (AvgIpc) is 3.22. The van der Waals surface area contributed by atoms with Crippen molar-refractivity contribution in [2.45, 2.75) is 82.1 Å². The molecule has 0 unspecified atom stereocenters. The highest BCUT2D eigenvalue weighted by molar-refractivity contribution is 5.76. The Morgan fingerprint density at radius 2 is 0.800 bits per heavy atom. The topological polar surface area (TPSA) is 18.5 Å². The van der Waals surface area contributed by atoms with Gasteiger partial charge in [0.1, 0.15) is 0 Å². The van der Waals surface area contributed by atoms with E-state index in [0.717, 1.165) is 19.6 Å². The molecule has 0 aromatic heterocycles. The molecule has 0 atom stereocenters. The summed E-state index contributed by atoms with van der Waals surface area (Å²) in [4.78, 5) is 0. The molecule has 0 heterocycles. The van der Waals surface area contributed by atoms with E-state index in [1.54, 1.807) is 14.2 Å². The molecule has 2 aromatic rings. The summed E-state index contributed by atoms with van der Waals surface area (Å²) < 4.78 is 9.08. The highest BCUT2D eigenvalue weighted by atomic mass is 16.5. The van der Waals surface area contributed by atoms with Crippen LogP contribution in [0.2, 0.25) is 0 Å². The molecule has 0 fully saturated rings. The van der Waals surface area contributed by atoms with Gasteiger partial charge in [-0.15, -0.1) is 0 Å². The van der Waals surface area contributed by atoms with Crippen molar-refractivity contribution in [2.75, 3.05) is 27.4 Å². The molecule has 1 aliphatic carbocycles. The van der Waals surface area contributed by atoms with Gasteiger partial charge < -0.3 is 9.47 Å². The number of fused-ring (bicyclic) bond motifs is 3. The molecule has 0 saturated heterocycles. The van der Waals surface area contributed by atoms with Crippen LogP contribution in [0.1, 0.15) is 86.8 Å². The normalized spacial score (nSPS) is 8.53. The summed E-state index contributed by atoms with van der Waals surface area (Å²) in [5.74, 6) is 0. The van der Waals surface area contributed by atoms with Gasteiger partial charge in [-0.2, -0.15) is 0 Å². The number of methoxy groups -OCH3 is 2. The van der Waals surface area contributed by atoms with Crippen LogP contribution >= 0.6 is 0 Å². The molecular formula is C28H52O2. The van der Waals surface area contributed by atoms with E-state index in [1.807, 2.05) is 55.4 Å². The second kappa shape index (κ2) is 32.0. The van der Waals surface area contributed by atoms with Crippen LogP contribution in [0.15, 0.2) is 48.5 Å². The lowest BCUT2D eigenvalue weighted by Gasteiger charge is -1.98. The Morgan fingerprint density at radius 1 is 0.567 bits per heavy atom. The zero-order valence-electron chi connectivity index (χ0n) is 22.3. The van der Waals surface area contributed by atoms with Crippen LogP contribution < -0.4 is 0 Å². The minimum Gasteiger partial charge on any atom is -0.385 e. The maximum atomic E-state index is 4.54. The highest BCUT2D eigenvalue weighted by Crippen LogP contribution is 2.35. The lowest BCUT2D eigenvalue weighted by atomic mass is 10.1. The van der Waals surface area contributed by atoms with E-state index >= 15 is 0 Å². The first-order valence-corrected chi connectivity index (χ1v) is 11.8. The first kappa shape index (κ1) is 35.8. The summed E-state index contributed by atoms with van der Waals surface area (Å²) in [6.45, 7) is 21.8. The molecule has 30 heavy (non-hydrogen) atoms. The van der Waals surface area contributed by atoms with E-state index in [1.165, 1.54) is 28.7 Å². The third-order valence-corrected chi connectivity index (χ3v) is 3.28. The molecule has 0 aliphatic heterocycles. The third-order valence-electron chi connectivity index (χ3n) is 3.28. The fourth-order valence-electron chi connectivity index (χ4n) is 2.08. The fraction of sp³-hybridized carbons (Fsp3) is 0.571. The SMILES string of the molecule is CC.CC.CC.CCC.CCOC.CCOC.c1ccc2c(c1)Cc1ccccc1-2. The zero-order chi connectivity index (χ0) is 24.2. The Balaban J connectivity index is -0.000000168. The van der Waals surface area contributed by atoms with Crippen molar-refractivity contribution in [3.05, 3.63) is 59.7 Å². The summed E-state index contributed by atoms with van der Waals surface area (Å²) in [7, 11) is 3.36. The predicted octanol–water partition coefficient (Wildman–Crippen LogP) is 9.06. The van der Waals surface area contributed by atoms with Gasteiger partial charge in [0.15, 0.2) is 0 Å². The van der Waals surface area contributed by atoms with E-state index in [2.05, 4.69) is 71.9 Å². The lowest BCUT2D eigenvalue weighted by molar-refractivity contribution is 0.215. The van der Waals surface area contributed by atoms with Crippen molar-refractivity contribution in [3.63, 3.8) is 0 Å². The summed E-state index contributed by atoms with van der Waals surface area (Å²) in [5, 5.41) is 0. The minimum absolute atomic E-state index is 0.819. The van der Waals surface area contributed by atoms with Crippen LogP contribution in [0, 0.1) is 0 Å². The molecule has 0 N–H and O–H groups in total. The predicted molar refractivity (Wildman–Crippen MR) is 140 cm³/mol. The fourth-order valence-corrected chi connectivity index (χ4v) is 2.08. The molecule has 0 bridgehead atoms. The van der Waals surface area contributed by atoms with Crippen LogP contribution in [-0.2, 0) is 15.9 Å².